The highest BCUT2D eigenvalue weighted by Crippen LogP contribution is 2.34. The van der Waals surface area contributed by atoms with E-state index in [0.717, 1.165) is 17.4 Å². The van der Waals surface area contributed by atoms with Crippen molar-refractivity contribution in [3.05, 3.63) is 87.9 Å². The molecule has 0 amide bonds. The first kappa shape index (κ1) is 25.1. The quantitative estimate of drug-likeness (QED) is 0.0924. The lowest BCUT2D eigenvalue weighted by atomic mass is 10.2. The first-order chi connectivity index (χ1) is 17.0. The van der Waals surface area contributed by atoms with Gasteiger partial charge in [0, 0.05) is 21.3 Å². The topological polar surface area (TPSA) is 81.4 Å². The van der Waals surface area contributed by atoms with E-state index in [1.54, 1.807) is 54.0 Å². The number of nitrogens with one attached hydrogen (secondary N) is 1. The van der Waals surface area contributed by atoms with Crippen molar-refractivity contribution in [2.75, 3.05) is 12.0 Å². The monoisotopic (exact) mass is 545 g/mol. The minimum absolute atomic E-state index is 0.0418. The first-order valence-electron chi connectivity index (χ1n) is 10.4. The number of hydrazone groups is 1. The molecule has 0 aliphatic rings. The molecule has 0 aliphatic carbocycles. The summed E-state index contributed by atoms with van der Waals surface area (Å²) in [7, 11) is 0. The lowest BCUT2D eigenvalue weighted by molar-refractivity contribution is -0.134. The third-order valence-corrected chi connectivity index (χ3v) is 6.29. The number of halogens is 3. The Balaban J connectivity index is 1.76. The van der Waals surface area contributed by atoms with Crippen LogP contribution >= 0.6 is 46.6 Å². The van der Waals surface area contributed by atoms with Crippen LogP contribution in [-0.2, 0) is 9.53 Å². The number of carbonyl (C=O) groups excluding carboxylic acids is 1. The zero-order valence-electron chi connectivity index (χ0n) is 18.3. The number of hydrogen-bond donors (Lipinski definition) is 1. The van der Waals surface area contributed by atoms with Gasteiger partial charge in [-0.3, -0.25) is 9.99 Å². The Morgan fingerprint density at radius 2 is 1.71 bits per heavy atom. The van der Waals surface area contributed by atoms with Crippen molar-refractivity contribution in [3.63, 3.8) is 0 Å². The number of nitrogens with zero attached hydrogens (tertiary/aromatic N) is 4. The van der Waals surface area contributed by atoms with Crippen molar-refractivity contribution >= 4 is 63.3 Å². The molecule has 0 aliphatic heterocycles. The Bertz CT molecular complexity index is 1360. The Morgan fingerprint density at radius 3 is 2.40 bits per heavy atom. The predicted octanol–water partition coefficient (Wildman–Crippen LogP) is 6.98. The second-order valence-corrected chi connectivity index (χ2v) is 9.20. The van der Waals surface area contributed by atoms with Gasteiger partial charge in [0.25, 0.3) is 0 Å². The molecule has 4 aromatic rings. The normalized spacial score (nSPS) is 11.4. The zero-order valence-corrected chi connectivity index (χ0v) is 21.4. The first-order valence-corrected chi connectivity index (χ1v) is 12.3. The maximum atomic E-state index is 12.7. The van der Waals surface area contributed by atoms with Crippen LogP contribution in [0.4, 0.5) is 5.69 Å². The van der Waals surface area contributed by atoms with E-state index in [4.69, 9.17) is 39.5 Å². The van der Waals surface area contributed by atoms with E-state index in [1.807, 2.05) is 30.3 Å². The number of esters is 1. The highest BCUT2D eigenvalue weighted by atomic mass is 35.5. The Labute approximate surface area is 221 Å². The fraction of sp³-hybridized carbons (Fsp3) is 0.0833. The molecule has 0 unspecified atom stereocenters. The Hall–Kier alpha value is -3.04. The second-order valence-electron chi connectivity index (χ2n) is 6.96. The van der Waals surface area contributed by atoms with Crippen LogP contribution in [-0.4, -0.2) is 32.4 Å². The van der Waals surface area contributed by atoms with Crippen LogP contribution in [0.15, 0.2) is 83.1 Å². The van der Waals surface area contributed by atoms with Crippen molar-refractivity contribution in [3.8, 4) is 17.1 Å². The standard InChI is InChI=1S/C24H18Cl3N5O2S/c1-2-34-23(33)22(30-28-17-11-8-15(25)9-12-17)35-24-31-29-21(19-13-10-16(26)14-20(19)27)32(24)18-6-4-3-5-7-18/h3-14,28H,2H2,1H3. The predicted molar refractivity (Wildman–Crippen MR) is 142 cm³/mol. The number of hydrogen-bond acceptors (Lipinski definition) is 7. The molecular formula is C24H18Cl3N5O2S. The molecule has 11 heteroatoms. The van der Waals surface area contributed by atoms with Crippen LogP contribution in [0.25, 0.3) is 17.1 Å². The van der Waals surface area contributed by atoms with Crippen LogP contribution in [0.1, 0.15) is 6.92 Å². The van der Waals surface area contributed by atoms with Gasteiger partial charge in [-0.25, -0.2) is 4.79 Å². The van der Waals surface area contributed by atoms with E-state index in [9.17, 15) is 4.79 Å². The Morgan fingerprint density at radius 1 is 1.00 bits per heavy atom. The molecular weight excluding hydrogens is 529 g/mol. The van der Waals surface area contributed by atoms with Crippen molar-refractivity contribution in [2.45, 2.75) is 12.1 Å². The van der Waals surface area contributed by atoms with Gasteiger partial charge in [0.2, 0.25) is 10.2 Å². The third kappa shape index (κ3) is 6.15. The van der Waals surface area contributed by atoms with Gasteiger partial charge >= 0.3 is 5.97 Å². The fourth-order valence-electron chi connectivity index (χ4n) is 3.02. The van der Waals surface area contributed by atoms with Crippen molar-refractivity contribution in [1.82, 2.24) is 14.8 Å². The highest BCUT2D eigenvalue weighted by Gasteiger charge is 2.23. The SMILES string of the molecule is CCOC(=O)C(=NNc1ccc(Cl)cc1)Sc1nnc(-c2ccc(Cl)cc2Cl)n1-c1ccccc1. The van der Waals surface area contributed by atoms with Crippen LogP contribution < -0.4 is 5.43 Å². The number of thioether (sulfide) groups is 1. The van der Waals surface area contributed by atoms with E-state index in [2.05, 4.69) is 20.7 Å². The lowest BCUT2D eigenvalue weighted by Gasteiger charge is -2.12. The zero-order chi connectivity index (χ0) is 24.8. The third-order valence-electron chi connectivity index (χ3n) is 4.59. The van der Waals surface area contributed by atoms with Gasteiger partial charge in [-0.1, -0.05) is 53.0 Å². The summed E-state index contributed by atoms with van der Waals surface area (Å²) in [6, 6.07) is 21.5. The number of aromatic nitrogens is 3. The van der Waals surface area contributed by atoms with E-state index < -0.39 is 5.97 Å². The van der Waals surface area contributed by atoms with Gasteiger partial charge in [-0.15, -0.1) is 10.2 Å². The average molecular weight is 547 g/mol. The minimum atomic E-state index is -0.604. The summed E-state index contributed by atoms with van der Waals surface area (Å²) in [5, 5.41) is 14.9. The number of carbonyl (C=O) groups is 1. The molecule has 0 atom stereocenters. The molecule has 4 rings (SSSR count). The van der Waals surface area contributed by atoms with E-state index in [1.165, 1.54) is 0 Å². The van der Waals surface area contributed by atoms with E-state index >= 15 is 0 Å². The molecule has 35 heavy (non-hydrogen) atoms. The van der Waals surface area contributed by atoms with Crippen molar-refractivity contribution < 1.29 is 9.53 Å². The second kappa shape index (κ2) is 11.6. The van der Waals surface area contributed by atoms with Gasteiger partial charge in [-0.05, 0) is 73.3 Å². The number of benzene rings is 3. The number of anilines is 1. The molecule has 1 heterocycles. The molecule has 1 aromatic heterocycles. The summed E-state index contributed by atoms with van der Waals surface area (Å²) in [4.78, 5) is 12.7. The Kier molecular flexibility index (Phi) is 8.30. The van der Waals surface area contributed by atoms with Gasteiger partial charge in [0.05, 0.1) is 17.3 Å². The van der Waals surface area contributed by atoms with Gasteiger partial charge in [0.15, 0.2) is 5.82 Å². The van der Waals surface area contributed by atoms with Crippen LogP contribution in [0.5, 0.6) is 0 Å². The molecule has 3 aromatic carbocycles. The van der Waals surface area contributed by atoms with Crippen molar-refractivity contribution in [1.29, 1.82) is 0 Å². The lowest BCUT2D eigenvalue weighted by Crippen LogP contribution is -2.17. The summed E-state index contributed by atoms with van der Waals surface area (Å²) < 4.78 is 7.00. The number of ether oxygens (including phenoxy) is 1. The van der Waals surface area contributed by atoms with Crippen molar-refractivity contribution in [2.24, 2.45) is 5.10 Å². The van der Waals surface area contributed by atoms with Crippen LogP contribution in [0.2, 0.25) is 15.1 Å². The molecule has 1 N–H and O–H groups in total. The molecule has 0 radical (unpaired) electrons. The maximum Gasteiger partial charge on any atom is 0.365 e. The summed E-state index contributed by atoms with van der Waals surface area (Å²) >= 11 is 19.5. The molecule has 7 nitrogen and oxygen atoms in total. The molecule has 0 saturated heterocycles. The highest BCUT2D eigenvalue weighted by molar-refractivity contribution is 8.15. The fourth-order valence-corrected chi connectivity index (χ4v) is 4.41. The molecule has 0 fully saturated rings. The average Bonchev–Trinajstić information content (AvgIpc) is 3.26. The minimum Gasteiger partial charge on any atom is -0.461 e. The molecule has 0 spiro atoms. The molecule has 0 bridgehead atoms. The smallest absolute Gasteiger partial charge is 0.365 e. The van der Waals surface area contributed by atoms with Gasteiger partial charge in [0.1, 0.15) is 0 Å². The van der Waals surface area contributed by atoms with Crippen LogP contribution in [0, 0.1) is 0 Å². The summed E-state index contributed by atoms with van der Waals surface area (Å²) in [6.45, 7) is 1.91. The van der Waals surface area contributed by atoms with E-state index in [-0.39, 0.29) is 11.7 Å². The number of rotatable bonds is 6. The van der Waals surface area contributed by atoms with Crippen LogP contribution in [0.3, 0.4) is 0 Å². The van der Waals surface area contributed by atoms with E-state index in [0.29, 0.717) is 37.3 Å². The largest absolute Gasteiger partial charge is 0.461 e. The van der Waals surface area contributed by atoms with Gasteiger partial charge in [-0.2, -0.15) is 5.10 Å². The summed E-state index contributed by atoms with van der Waals surface area (Å²) in [5.41, 5.74) is 4.91. The maximum absolute atomic E-state index is 12.7. The van der Waals surface area contributed by atoms with Gasteiger partial charge < -0.3 is 4.74 Å². The molecule has 178 valence electrons. The summed E-state index contributed by atoms with van der Waals surface area (Å²) in [6.07, 6.45) is 0. The number of para-hydroxylation sites is 1. The molecule has 0 saturated carbocycles. The summed E-state index contributed by atoms with van der Waals surface area (Å²) in [5.74, 6) is -0.123.